The molecule has 2 fully saturated rings. The van der Waals surface area contributed by atoms with Gasteiger partial charge in [-0.15, -0.1) is 0 Å². The summed E-state index contributed by atoms with van der Waals surface area (Å²) in [7, 11) is 3.62. The van der Waals surface area contributed by atoms with Crippen molar-refractivity contribution in [3.63, 3.8) is 0 Å². The highest BCUT2D eigenvalue weighted by molar-refractivity contribution is 5.82. The summed E-state index contributed by atoms with van der Waals surface area (Å²) in [6, 6.07) is 8.19. The van der Waals surface area contributed by atoms with Crippen LogP contribution in [0, 0.1) is 5.92 Å². The number of ether oxygens (including phenoxy) is 1. The first-order chi connectivity index (χ1) is 10.7. The van der Waals surface area contributed by atoms with E-state index in [9.17, 15) is 4.79 Å². The SMILES string of the molecule is COc1ccccc1C1CC(CN2CCCCC2)C(=O)N1C. The van der Waals surface area contributed by atoms with Crippen molar-refractivity contribution in [1.82, 2.24) is 9.80 Å². The largest absolute Gasteiger partial charge is 0.496 e. The van der Waals surface area contributed by atoms with E-state index in [0.717, 1.165) is 37.4 Å². The molecule has 0 aromatic heterocycles. The summed E-state index contributed by atoms with van der Waals surface area (Å²) in [5, 5.41) is 0. The van der Waals surface area contributed by atoms with Crippen molar-refractivity contribution in [3.8, 4) is 5.75 Å². The average Bonchev–Trinajstić information content (AvgIpc) is 2.84. The van der Waals surface area contributed by atoms with E-state index in [-0.39, 0.29) is 17.9 Å². The zero-order chi connectivity index (χ0) is 15.5. The molecular formula is C18H26N2O2. The molecule has 2 heterocycles. The summed E-state index contributed by atoms with van der Waals surface area (Å²) < 4.78 is 5.48. The molecule has 4 nitrogen and oxygen atoms in total. The van der Waals surface area contributed by atoms with E-state index in [1.807, 2.05) is 30.1 Å². The van der Waals surface area contributed by atoms with Crippen molar-refractivity contribution < 1.29 is 9.53 Å². The molecule has 1 aromatic rings. The van der Waals surface area contributed by atoms with Crippen molar-refractivity contribution >= 4 is 5.91 Å². The number of carbonyl (C=O) groups is 1. The standard InChI is InChI=1S/C18H26N2O2/c1-19-16(15-8-4-5-9-17(15)22-2)12-14(18(19)21)13-20-10-6-3-7-11-20/h4-5,8-9,14,16H,3,6-7,10-13H2,1-2H3. The highest BCUT2D eigenvalue weighted by Gasteiger charge is 2.39. The Morgan fingerprint density at radius 1 is 1.18 bits per heavy atom. The van der Waals surface area contributed by atoms with Crippen molar-refractivity contribution in [3.05, 3.63) is 29.8 Å². The number of likely N-dealkylation sites (tertiary alicyclic amines) is 2. The average molecular weight is 302 g/mol. The molecule has 2 saturated heterocycles. The van der Waals surface area contributed by atoms with E-state index in [0.29, 0.717) is 0 Å². The van der Waals surface area contributed by atoms with Gasteiger partial charge in [-0.2, -0.15) is 0 Å². The Hall–Kier alpha value is -1.55. The maximum Gasteiger partial charge on any atom is 0.227 e. The van der Waals surface area contributed by atoms with Gasteiger partial charge in [-0.05, 0) is 38.4 Å². The van der Waals surface area contributed by atoms with Gasteiger partial charge in [0.1, 0.15) is 5.75 Å². The first kappa shape index (κ1) is 15.3. The number of hydrogen-bond acceptors (Lipinski definition) is 3. The number of para-hydroxylation sites is 1. The lowest BCUT2D eigenvalue weighted by atomic mass is 9.97. The third-order valence-corrected chi connectivity index (χ3v) is 5.10. The number of methoxy groups -OCH3 is 1. The van der Waals surface area contributed by atoms with Crippen LogP contribution in [0.4, 0.5) is 0 Å². The van der Waals surface area contributed by atoms with Crippen molar-refractivity contribution in [2.75, 3.05) is 33.8 Å². The molecule has 2 atom stereocenters. The summed E-state index contributed by atoms with van der Waals surface area (Å²) in [5.41, 5.74) is 1.13. The lowest BCUT2D eigenvalue weighted by Crippen LogP contribution is -2.36. The number of hydrogen-bond donors (Lipinski definition) is 0. The number of rotatable bonds is 4. The van der Waals surface area contributed by atoms with Crippen molar-refractivity contribution in [1.29, 1.82) is 0 Å². The van der Waals surface area contributed by atoms with Gasteiger partial charge in [0.25, 0.3) is 0 Å². The Morgan fingerprint density at radius 2 is 1.91 bits per heavy atom. The molecule has 120 valence electrons. The van der Waals surface area contributed by atoms with Crippen LogP contribution in [0.3, 0.4) is 0 Å². The maximum atomic E-state index is 12.6. The van der Waals surface area contributed by atoms with E-state index >= 15 is 0 Å². The molecule has 0 bridgehead atoms. The van der Waals surface area contributed by atoms with Crippen LogP contribution in [-0.2, 0) is 4.79 Å². The second-order valence-corrected chi connectivity index (χ2v) is 6.50. The van der Waals surface area contributed by atoms with E-state index < -0.39 is 0 Å². The molecule has 0 aliphatic carbocycles. The predicted molar refractivity (Wildman–Crippen MR) is 86.9 cm³/mol. The van der Waals surface area contributed by atoms with E-state index in [4.69, 9.17) is 4.74 Å². The Morgan fingerprint density at radius 3 is 2.64 bits per heavy atom. The normalized spacial score (nSPS) is 26.5. The zero-order valence-electron chi connectivity index (χ0n) is 13.6. The van der Waals surface area contributed by atoms with Gasteiger partial charge in [0.05, 0.1) is 19.1 Å². The highest BCUT2D eigenvalue weighted by Crippen LogP contribution is 2.39. The summed E-state index contributed by atoms with van der Waals surface area (Å²) in [6.45, 7) is 3.20. The first-order valence-electron chi connectivity index (χ1n) is 8.32. The van der Waals surface area contributed by atoms with Crippen LogP contribution in [0.1, 0.15) is 37.3 Å². The third kappa shape index (κ3) is 2.98. The second-order valence-electron chi connectivity index (χ2n) is 6.50. The highest BCUT2D eigenvalue weighted by atomic mass is 16.5. The van der Waals surface area contributed by atoms with Crippen LogP contribution in [0.5, 0.6) is 5.75 Å². The van der Waals surface area contributed by atoms with Gasteiger partial charge in [-0.3, -0.25) is 4.79 Å². The molecule has 0 spiro atoms. The van der Waals surface area contributed by atoms with Crippen molar-refractivity contribution in [2.45, 2.75) is 31.7 Å². The van der Waals surface area contributed by atoms with E-state index in [1.165, 1.54) is 19.3 Å². The van der Waals surface area contributed by atoms with Crippen LogP contribution in [0.2, 0.25) is 0 Å². The number of piperidine rings is 1. The zero-order valence-corrected chi connectivity index (χ0v) is 13.6. The number of nitrogens with zero attached hydrogens (tertiary/aromatic N) is 2. The Balaban J connectivity index is 1.73. The minimum atomic E-state index is 0.123. The second kappa shape index (κ2) is 6.69. The summed E-state index contributed by atoms with van der Waals surface area (Å²) in [6.07, 6.45) is 4.77. The fourth-order valence-corrected chi connectivity index (χ4v) is 3.85. The molecule has 1 aromatic carbocycles. The lowest BCUT2D eigenvalue weighted by molar-refractivity contribution is -0.131. The van der Waals surface area contributed by atoms with E-state index in [1.54, 1.807) is 7.11 Å². The van der Waals surface area contributed by atoms with Gasteiger partial charge >= 0.3 is 0 Å². The van der Waals surface area contributed by atoms with Gasteiger partial charge in [0.2, 0.25) is 5.91 Å². The number of amides is 1. The number of carbonyl (C=O) groups excluding carboxylic acids is 1. The molecule has 0 N–H and O–H groups in total. The first-order valence-corrected chi connectivity index (χ1v) is 8.32. The third-order valence-electron chi connectivity index (χ3n) is 5.10. The van der Waals surface area contributed by atoms with Crippen molar-refractivity contribution in [2.24, 2.45) is 5.92 Å². The fourth-order valence-electron chi connectivity index (χ4n) is 3.85. The van der Waals surface area contributed by atoms with Crippen LogP contribution >= 0.6 is 0 Å². The molecule has 22 heavy (non-hydrogen) atoms. The Bertz CT molecular complexity index is 526. The number of benzene rings is 1. The van der Waals surface area contributed by atoms with Crippen LogP contribution in [0.15, 0.2) is 24.3 Å². The Labute approximate surface area is 133 Å². The minimum absolute atomic E-state index is 0.123. The molecule has 3 rings (SSSR count). The Kier molecular flexibility index (Phi) is 4.67. The van der Waals surface area contributed by atoms with Gasteiger partial charge < -0.3 is 14.5 Å². The van der Waals surface area contributed by atoms with Gasteiger partial charge in [0.15, 0.2) is 0 Å². The summed E-state index contributed by atoms with van der Waals surface area (Å²) in [5.74, 6) is 1.28. The fraction of sp³-hybridized carbons (Fsp3) is 0.611. The summed E-state index contributed by atoms with van der Waals surface area (Å²) >= 11 is 0. The quantitative estimate of drug-likeness (QED) is 0.857. The molecular weight excluding hydrogens is 276 g/mol. The molecule has 0 radical (unpaired) electrons. The molecule has 0 saturated carbocycles. The van der Waals surface area contributed by atoms with E-state index in [2.05, 4.69) is 11.0 Å². The molecule has 2 aliphatic rings. The minimum Gasteiger partial charge on any atom is -0.496 e. The maximum absolute atomic E-state index is 12.6. The van der Waals surface area contributed by atoms with Crippen LogP contribution in [-0.4, -0.2) is 49.5 Å². The molecule has 2 aliphatic heterocycles. The van der Waals surface area contributed by atoms with Crippen LogP contribution < -0.4 is 4.74 Å². The van der Waals surface area contributed by atoms with Gasteiger partial charge in [0, 0.05) is 19.2 Å². The summed E-state index contributed by atoms with van der Waals surface area (Å²) in [4.78, 5) is 17.0. The topological polar surface area (TPSA) is 32.8 Å². The lowest BCUT2D eigenvalue weighted by Gasteiger charge is -2.28. The van der Waals surface area contributed by atoms with Gasteiger partial charge in [-0.25, -0.2) is 0 Å². The molecule has 2 unspecified atom stereocenters. The molecule has 1 amide bonds. The molecule has 4 heteroatoms. The smallest absolute Gasteiger partial charge is 0.227 e. The monoisotopic (exact) mass is 302 g/mol. The van der Waals surface area contributed by atoms with Gasteiger partial charge in [-0.1, -0.05) is 24.6 Å². The van der Waals surface area contributed by atoms with Crippen LogP contribution in [0.25, 0.3) is 0 Å². The predicted octanol–water partition coefficient (Wildman–Crippen LogP) is 2.70.